The zero-order valence-corrected chi connectivity index (χ0v) is 19.4. The van der Waals surface area contributed by atoms with Crippen LogP contribution in [0.4, 0.5) is 0 Å². The second kappa shape index (κ2) is 23.7. The van der Waals surface area contributed by atoms with Crippen molar-refractivity contribution >= 4 is 0 Å². The third-order valence-electron chi connectivity index (χ3n) is 5.84. The normalized spacial score (nSPS) is 12.9. The van der Waals surface area contributed by atoms with Crippen LogP contribution < -0.4 is 5.32 Å². The van der Waals surface area contributed by atoms with Gasteiger partial charge in [0, 0.05) is 0 Å². The number of allylic oxidation sites excluding steroid dienone is 2. The Morgan fingerprint density at radius 2 is 1.11 bits per heavy atom. The monoisotopic (exact) mass is 379 g/mol. The Morgan fingerprint density at radius 1 is 0.593 bits per heavy atom. The second-order valence-corrected chi connectivity index (χ2v) is 8.56. The standard InChI is InChI=1S/C26H53N/c1-4-7-9-10-11-12-13-14-15-16-17-18-19-20-21-22-24-27-25-26(6-3)23-8-5-2/h14-15,26-27H,4-13,16-25H2,1-3H3/b15-14-. The summed E-state index contributed by atoms with van der Waals surface area (Å²) in [5.74, 6) is 0.902. The molecule has 0 rings (SSSR count). The molecule has 1 N–H and O–H groups in total. The number of rotatable bonds is 22. The van der Waals surface area contributed by atoms with E-state index < -0.39 is 0 Å². The minimum Gasteiger partial charge on any atom is -0.316 e. The average molecular weight is 380 g/mol. The Labute approximate surface area is 173 Å². The van der Waals surface area contributed by atoms with Gasteiger partial charge in [-0.1, -0.05) is 110 Å². The summed E-state index contributed by atoms with van der Waals surface area (Å²) in [5, 5.41) is 3.69. The highest BCUT2D eigenvalue weighted by Crippen LogP contribution is 2.12. The van der Waals surface area contributed by atoms with E-state index in [1.807, 2.05) is 0 Å². The van der Waals surface area contributed by atoms with Gasteiger partial charge < -0.3 is 5.32 Å². The molecule has 0 aromatic rings. The summed E-state index contributed by atoms with van der Waals surface area (Å²) in [6.45, 7) is 9.39. The fourth-order valence-corrected chi connectivity index (χ4v) is 3.75. The first-order chi connectivity index (χ1) is 13.3. The van der Waals surface area contributed by atoms with Crippen molar-refractivity contribution in [2.75, 3.05) is 13.1 Å². The smallest absolute Gasteiger partial charge is 0.00206 e. The van der Waals surface area contributed by atoms with Crippen LogP contribution in [0.1, 0.15) is 136 Å². The van der Waals surface area contributed by atoms with E-state index in [9.17, 15) is 0 Å². The van der Waals surface area contributed by atoms with Crippen molar-refractivity contribution in [3.05, 3.63) is 12.2 Å². The van der Waals surface area contributed by atoms with Crippen LogP contribution >= 0.6 is 0 Å². The van der Waals surface area contributed by atoms with E-state index in [1.165, 1.54) is 129 Å². The van der Waals surface area contributed by atoms with Crippen molar-refractivity contribution in [2.45, 2.75) is 136 Å². The highest BCUT2D eigenvalue weighted by atomic mass is 14.8. The molecule has 0 aromatic carbocycles. The molecule has 1 heteroatoms. The fourth-order valence-electron chi connectivity index (χ4n) is 3.75. The van der Waals surface area contributed by atoms with Gasteiger partial charge in [-0.25, -0.2) is 0 Å². The highest BCUT2D eigenvalue weighted by Gasteiger charge is 2.04. The molecule has 1 unspecified atom stereocenters. The van der Waals surface area contributed by atoms with Crippen LogP contribution in [0.2, 0.25) is 0 Å². The quantitative estimate of drug-likeness (QED) is 0.146. The Morgan fingerprint density at radius 3 is 1.67 bits per heavy atom. The molecule has 0 aliphatic heterocycles. The van der Waals surface area contributed by atoms with E-state index in [0.717, 1.165) is 5.92 Å². The Bertz CT molecular complexity index is 284. The summed E-state index contributed by atoms with van der Waals surface area (Å²) >= 11 is 0. The molecule has 0 saturated carbocycles. The summed E-state index contributed by atoms with van der Waals surface area (Å²) in [4.78, 5) is 0. The zero-order chi connectivity index (χ0) is 19.8. The van der Waals surface area contributed by atoms with E-state index in [0.29, 0.717) is 0 Å². The van der Waals surface area contributed by atoms with E-state index in [-0.39, 0.29) is 0 Å². The van der Waals surface area contributed by atoms with Crippen LogP contribution in [0, 0.1) is 5.92 Å². The van der Waals surface area contributed by atoms with Gasteiger partial charge in [0.2, 0.25) is 0 Å². The van der Waals surface area contributed by atoms with E-state index in [4.69, 9.17) is 0 Å². The molecule has 0 radical (unpaired) electrons. The lowest BCUT2D eigenvalue weighted by atomic mass is 9.99. The number of nitrogens with one attached hydrogen (secondary N) is 1. The van der Waals surface area contributed by atoms with E-state index in [2.05, 4.69) is 38.2 Å². The van der Waals surface area contributed by atoms with Gasteiger partial charge in [-0.15, -0.1) is 0 Å². The molecule has 27 heavy (non-hydrogen) atoms. The molecule has 0 spiro atoms. The van der Waals surface area contributed by atoms with Crippen molar-refractivity contribution < 1.29 is 0 Å². The average Bonchev–Trinajstić information content (AvgIpc) is 2.69. The molecule has 0 amide bonds. The molecule has 0 bridgehead atoms. The lowest BCUT2D eigenvalue weighted by Crippen LogP contribution is -2.23. The minimum absolute atomic E-state index is 0.902. The van der Waals surface area contributed by atoms with Crippen molar-refractivity contribution in [1.82, 2.24) is 5.32 Å². The van der Waals surface area contributed by atoms with Crippen LogP contribution in [0.15, 0.2) is 12.2 Å². The first-order valence-corrected chi connectivity index (χ1v) is 12.7. The molecular weight excluding hydrogens is 326 g/mol. The molecule has 1 atom stereocenters. The number of hydrogen-bond donors (Lipinski definition) is 1. The molecule has 162 valence electrons. The van der Waals surface area contributed by atoms with Crippen molar-refractivity contribution in [3.63, 3.8) is 0 Å². The van der Waals surface area contributed by atoms with E-state index in [1.54, 1.807) is 0 Å². The number of hydrogen-bond acceptors (Lipinski definition) is 1. The van der Waals surface area contributed by atoms with E-state index >= 15 is 0 Å². The van der Waals surface area contributed by atoms with Gasteiger partial charge in [0.25, 0.3) is 0 Å². The number of unbranched alkanes of at least 4 members (excludes halogenated alkanes) is 13. The Balaban J connectivity index is 3.19. The van der Waals surface area contributed by atoms with Crippen LogP contribution in [-0.4, -0.2) is 13.1 Å². The van der Waals surface area contributed by atoms with Gasteiger partial charge in [-0.05, 0) is 57.5 Å². The molecule has 0 aliphatic carbocycles. The Hall–Kier alpha value is -0.300. The minimum atomic E-state index is 0.902. The third-order valence-corrected chi connectivity index (χ3v) is 5.84. The molecule has 0 heterocycles. The largest absolute Gasteiger partial charge is 0.316 e. The van der Waals surface area contributed by atoms with Crippen molar-refractivity contribution in [2.24, 2.45) is 5.92 Å². The maximum atomic E-state index is 3.69. The predicted octanol–water partition coefficient (Wildman–Crippen LogP) is 8.83. The maximum Gasteiger partial charge on any atom is -0.00206 e. The molecule has 0 fully saturated rings. The molecule has 0 aliphatic rings. The van der Waals surface area contributed by atoms with Gasteiger partial charge >= 0.3 is 0 Å². The third kappa shape index (κ3) is 21.9. The van der Waals surface area contributed by atoms with Crippen LogP contribution in [0.25, 0.3) is 0 Å². The first-order valence-electron chi connectivity index (χ1n) is 12.7. The van der Waals surface area contributed by atoms with Gasteiger partial charge in [0.05, 0.1) is 0 Å². The van der Waals surface area contributed by atoms with Gasteiger partial charge in [0.1, 0.15) is 0 Å². The lowest BCUT2D eigenvalue weighted by molar-refractivity contribution is 0.415. The topological polar surface area (TPSA) is 12.0 Å². The van der Waals surface area contributed by atoms with Crippen molar-refractivity contribution in [3.8, 4) is 0 Å². The molecule has 1 nitrogen and oxygen atoms in total. The molecule has 0 saturated heterocycles. The van der Waals surface area contributed by atoms with Crippen LogP contribution in [-0.2, 0) is 0 Å². The summed E-state index contributed by atoms with van der Waals surface area (Å²) < 4.78 is 0. The fraction of sp³-hybridized carbons (Fsp3) is 0.923. The first kappa shape index (κ1) is 26.7. The maximum absolute atomic E-state index is 3.69. The summed E-state index contributed by atoms with van der Waals surface area (Å²) in [6.07, 6.45) is 29.9. The SMILES string of the molecule is CCCCCCCC/C=C\CCCCCCCCNCC(CC)CCCC. The van der Waals surface area contributed by atoms with Gasteiger partial charge in [-0.3, -0.25) is 0 Å². The second-order valence-electron chi connectivity index (χ2n) is 8.56. The lowest BCUT2D eigenvalue weighted by Gasteiger charge is -2.15. The summed E-state index contributed by atoms with van der Waals surface area (Å²) in [6, 6.07) is 0. The Kier molecular flexibility index (Phi) is 23.5. The zero-order valence-electron chi connectivity index (χ0n) is 19.4. The van der Waals surface area contributed by atoms with Gasteiger partial charge in [-0.2, -0.15) is 0 Å². The van der Waals surface area contributed by atoms with Crippen LogP contribution in [0.5, 0.6) is 0 Å². The van der Waals surface area contributed by atoms with Crippen LogP contribution in [0.3, 0.4) is 0 Å². The molecule has 0 aromatic heterocycles. The molecular formula is C26H53N. The highest BCUT2D eigenvalue weighted by molar-refractivity contribution is 4.81. The van der Waals surface area contributed by atoms with Gasteiger partial charge in [0.15, 0.2) is 0 Å². The predicted molar refractivity (Wildman–Crippen MR) is 126 cm³/mol. The van der Waals surface area contributed by atoms with Crippen molar-refractivity contribution in [1.29, 1.82) is 0 Å². The summed E-state index contributed by atoms with van der Waals surface area (Å²) in [5.41, 5.74) is 0. The summed E-state index contributed by atoms with van der Waals surface area (Å²) in [7, 11) is 0.